The van der Waals surface area contributed by atoms with Crippen molar-refractivity contribution >= 4 is 12.6 Å². The standard InChI is InChI=1S/C5H12O4S/c6-3-4(7)5(8)9-1-2-10/h4-8,10H,1-3H2. The molecule has 10 heavy (non-hydrogen) atoms. The highest BCUT2D eigenvalue weighted by Crippen LogP contribution is 1.94. The molecule has 0 saturated heterocycles. The molecule has 0 aliphatic rings. The lowest BCUT2D eigenvalue weighted by molar-refractivity contribution is -0.167. The molecule has 3 N–H and O–H groups in total. The fraction of sp³-hybridized carbons (Fsp3) is 1.00. The van der Waals surface area contributed by atoms with E-state index in [9.17, 15) is 0 Å². The zero-order chi connectivity index (χ0) is 7.98. The normalized spacial score (nSPS) is 16.8. The Kier molecular flexibility index (Phi) is 6.05. The Morgan fingerprint density at radius 3 is 2.40 bits per heavy atom. The van der Waals surface area contributed by atoms with Gasteiger partial charge in [0.25, 0.3) is 0 Å². The first kappa shape index (κ1) is 10.2. The van der Waals surface area contributed by atoms with E-state index in [1.165, 1.54) is 0 Å². The second-order valence-corrected chi connectivity index (χ2v) is 2.18. The Hall–Kier alpha value is 0.190. The molecule has 0 fully saturated rings. The SMILES string of the molecule is OCC(O)C(O)OCCS. The molecule has 0 saturated carbocycles. The van der Waals surface area contributed by atoms with E-state index in [2.05, 4.69) is 17.4 Å². The Labute approximate surface area is 64.9 Å². The number of aliphatic hydroxyl groups excluding tert-OH is 3. The number of aliphatic hydroxyl groups is 3. The molecule has 62 valence electrons. The minimum absolute atomic E-state index is 0.251. The van der Waals surface area contributed by atoms with E-state index in [-0.39, 0.29) is 6.61 Å². The van der Waals surface area contributed by atoms with Gasteiger partial charge in [0.1, 0.15) is 6.10 Å². The average molecular weight is 168 g/mol. The van der Waals surface area contributed by atoms with E-state index >= 15 is 0 Å². The predicted octanol–water partition coefficient (Wildman–Crippen LogP) is -1.40. The van der Waals surface area contributed by atoms with Gasteiger partial charge in [0.2, 0.25) is 0 Å². The maximum atomic E-state index is 8.78. The fourth-order valence-electron chi connectivity index (χ4n) is 0.375. The molecule has 0 radical (unpaired) electrons. The summed E-state index contributed by atoms with van der Waals surface area (Å²) in [6, 6.07) is 0. The van der Waals surface area contributed by atoms with Crippen molar-refractivity contribution in [2.75, 3.05) is 19.0 Å². The van der Waals surface area contributed by atoms with Crippen LogP contribution in [0.15, 0.2) is 0 Å². The highest BCUT2D eigenvalue weighted by Gasteiger charge is 2.14. The number of thiol groups is 1. The summed E-state index contributed by atoms with van der Waals surface area (Å²) in [5, 5.41) is 25.8. The maximum Gasteiger partial charge on any atom is 0.183 e. The van der Waals surface area contributed by atoms with Gasteiger partial charge in [0.15, 0.2) is 6.29 Å². The van der Waals surface area contributed by atoms with Crippen molar-refractivity contribution in [2.45, 2.75) is 12.4 Å². The van der Waals surface area contributed by atoms with Crippen molar-refractivity contribution in [1.29, 1.82) is 0 Å². The zero-order valence-electron chi connectivity index (χ0n) is 5.47. The summed E-state index contributed by atoms with van der Waals surface area (Å²) in [6.45, 7) is -0.255. The highest BCUT2D eigenvalue weighted by molar-refractivity contribution is 7.80. The van der Waals surface area contributed by atoms with Crippen LogP contribution in [0.3, 0.4) is 0 Å². The molecule has 0 aliphatic heterocycles. The maximum absolute atomic E-state index is 8.78. The van der Waals surface area contributed by atoms with Crippen molar-refractivity contribution in [3.8, 4) is 0 Å². The van der Waals surface area contributed by atoms with Gasteiger partial charge in [-0.15, -0.1) is 0 Å². The van der Waals surface area contributed by atoms with Gasteiger partial charge < -0.3 is 20.1 Å². The Balaban J connectivity index is 3.31. The second kappa shape index (κ2) is 5.94. The molecular formula is C5H12O4S. The smallest absolute Gasteiger partial charge is 0.183 e. The Bertz CT molecular complexity index is 80.0. The van der Waals surface area contributed by atoms with E-state index in [0.717, 1.165) is 0 Å². The van der Waals surface area contributed by atoms with Gasteiger partial charge in [-0.1, -0.05) is 0 Å². The Morgan fingerprint density at radius 1 is 1.40 bits per heavy atom. The zero-order valence-corrected chi connectivity index (χ0v) is 6.37. The largest absolute Gasteiger partial charge is 0.393 e. The lowest BCUT2D eigenvalue weighted by atomic mass is 10.4. The highest BCUT2D eigenvalue weighted by atomic mass is 32.1. The van der Waals surface area contributed by atoms with E-state index < -0.39 is 19.0 Å². The number of rotatable bonds is 5. The van der Waals surface area contributed by atoms with Crippen molar-refractivity contribution in [3.63, 3.8) is 0 Å². The molecule has 0 spiro atoms. The van der Waals surface area contributed by atoms with Crippen LogP contribution in [0.25, 0.3) is 0 Å². The minimum Gasteiger partial charge on any atom is -0.393 e. The summed E-state index contributed by atoms with van der Waals surface area (Å²) in [7, 11) is 0. The molecule has 4 nitrogen and oxygen atoms in total. The molecule has 0 aromatic heterocycles. The van der Waals surface area contributed by atoms with Crippen molar-refractivity contribution in [3.05, 3.63) is 0 Å². The first-order valence-electron chi connectivity index (χ1n) is 2.91. The molecule has 0 rings (SSSR count). The molecule has 0 aliphatic carbocycles. The van der Waals surface area contributed by atoms with Gasteiger partial charge in [-0.3, -0.25) is 0 Å². The summed E-state index contributed by atoms with van der Waals surface area (Å²) in [5.74, 6) is 0.467. The molecule has 0 aromatic carbocycles. The average Bonchev–Trinajstić information content (AvgIpc) is 1.98. The third-order valence-corrected chi connectivity index (χ3v) is 1.08. The summed E-state index contributed by atoms with van der Waals surface area (Å²) in [4.78, 5) is 0. The van der Waals surface area contributed by atoms with Crippen molar-refractivity contribution < 1.29 is 20.1 Å². The van der Waals surface area contributed by atoms with Gasteiger partial charge >= 0.3 is 0 Å². The first-order valence-corrected chi connectivity index (χ1v) is 3.55. The summed E-state index contributed by atoms with van der Waals surface area (Å²) < 4.78 is 4.61. The van der Waals surface area contributed by atoms with Gasteiger partial charge in [0.05, 0.1) is 13.2 Å². The van der Waals surface area contributed by atoms with E-state index in [0.29, 0.717) is 5.75 Å². The molecule has 0 bridgehead atoms. The van der Waals surface area contributed by atoms with Crippen LogP contribution >= 0.6 is 12.6 Å². The van der Waals surface area contributed by atoms with Crippen LogP contribution < -0.4 is 0 Å². The number of hydrogen-bond acceptors (Lipinski definition) is 5. The fourth-order valence-corrected chi connectivity index (χ4v) is 0.480. The van der Waals surface area contributed by atoms with Crippen molar-refractivity contribution in [2.24, 2.45) is 0 Å². The summed E-state index contributed by atoms with van der Waals surface area (Å²) >= 11 is 3.81. The molecule has 2 unspecified atom stereocenters. The van der Waals surface area contributed by atoms with Gasteiger partial charge in [-0.25, -0.2) is 0 Å². The van der Waals surface area contributed by atoms with Crippen LogP contribution in [0, 0.1) is 0 Å². The third-order valence-electron chi connectivity index (χ3n) is 0.896. The quantitative estimate of drug-likeness (QED) is 0.301. The van der Waals surface area contributed by atoms with Gasteiger partial charge in [-0.05, 0) is 0 Å². The summed E-state index contributed by atoms with van der Waals surface area (Å²) in [6.07, 6.45) is -2.53. The van der Waals surface area contributed by atoms with E-state index in [1.54, 1.807) is 0 Å². The molecule has 2 atom stereocenters. The number of ether oxygens (including phenoxy) is 1. The van der Waals surface area contributed by atoms with Crippen LogP contribution in [0.4, 0.5) is 0 Å². The summed E-state index contributed by atoms with van der Waals surface area (Å²) in [5.41, 5.74) is 0. The second-order valence-electron chi connectivity index (χ2n) is 1.73. The van der Waals surface area contributed by atoms with E-state index in [4.69, 9.17) is 15.3 Å². The lowest BCUT2D eigenvalue weighted by Crippen LogP contribution is -2.32. The third kappa shape index (κ3) is 4.08. The molecular weight excluding hydrogens is 156 g/mol. The van der Waals surface area contributed by atoms with Crippen LogP contribution in [-0.4, -0.2) is 46.7 Å². The monoisotopic (exact) mass is 168 g/mol. The van der Waals surface area contributed by atoms with Gasteiger partial charge in [-0.2, -0.15) is 12.6 Å². The van der Waals surface area contributed by atoms with Crippen LogP contribution in [0.1, 0.15) is 0 Å². The predicted molar refractivity (Wildman–Crippen MR) is 38.9 cm³/mol. The Morgan fingerprint density at radius 2 is 2.00 bits per heavy atom. The molecule has 0 amide bonds. The van der Waals surface area contributed by atoms with Crippen LogP contribution in [0.5, 0.6) is 0 Å². The van der Waals surface area contributed by atoms with Crippen molar-refractivity contribution in [1.82, 2.24) is 0 Å². The van der Waals surface area contributed by atoms with Crippen LogP contribution in [-0.2, 0) is 4.74 Å². The van der Waals surface area contributed by atoms with E-state index in [1.807, 2.05) is 0 Å². The number of hydrogen-bond donors (Lipinski definition) is 4. The molecule has 0 aromatic rings. The molecule has 0 heterocycles. The minimum atomic E-state index is -1.31. The topological polar surface area (TPSA) is 69.9 Å². The lowest BCUT2D eigenvalue weighted by Gasteiger charge is -2.14. The van der Waals surface area contributed by atoms with Crippen LogP contribution in [0.2, 0.25) is 0 Å². The molecule has 5 heteroatoms. The first-order chi connectivity index (χ1) is 4.72. The van der Waals surface area contributed by atoms with Gasteiger partial charge in [0, 0.05) is 5.75 Å².